The molecule has 0 N–H and O–H groups in total. The number of amides is 2. The molecule has 0 fully saturated rings. The quantitative estimate of drug-likeness (QED) is 0.694. The molecule has 2 amide bonds. The fourth-order valence-corrected chi connectivity index (χ4v) is 1.85. The number of hydrogen-bond donors (Lipinski definition) is 0. The standard InChI is InChI=1S/C14H15NO2/c1-8-5-6-12(7-9(8)2)15-13(16)10(3)11(4)14(15)17/h5-7H,1-4H3. The van der Waals surface area contributed by atoms with E-state index in [4.69, 9.17) is 0 Å². The van der Waals surface area contributed by atoms with Crippen LogP contribution in [0.2, 0.25) is 0 Å². The molecule has 1 heterocycles. The van der Waals surface area contributed by atoms with Gasteiger partial charge in [0.05, 0.1) is 5.69 Å². The number of benzene rings is 1. The molecule has 0 unspecified atom stereocenters. The SMILES string of the molecule is CC1=C(C)C(=O)N(c2ccc(C)c(C)c2)C1=O. The zero-order chi connectivity index (χ0) is 12.7. The van der Waals surface area contributed by atoms with Crippen LogP contribution in [0.15, 0.2) is 29.3 Å². The molecule has 0 saturated heterocycles. The minimum atomic E-state index is -0.212. The lowest BCUT2D eigenvalue weighted by atomic mass is 10.1. The number of aryl methyl sites for hydroxylation is 2. The van der Waals surface area contributed by atoms with Crippen molar-refractivity contribution < 1.29 is 9.59 Å². The van der Waals surface area contributed by atoms with Crippen LogP contribution in [-0.4, -0.2) is 11.8 Å². The molecule has 0 aromatic heterocycles. The molecule has 1 aromatic rings. The molecule has 0 saturated carbocycles. The van der Waals surface area contributed by atoms with Gasteiger partial charge in [0.15, 0.2) is 0 Å². The lowest BCUT2D eigenvalue weighted by Crippen LogP contribution is -2.31. The number of rotatable bonds is 1. The first-order chi connectivity index (χ1) is 7.93. The molecule has 3 heteroatoms. The minimum Gasteiger partial charge on any atom is -0.269 e. The monoisotopic (exact) mass is 229 g/mol. The predicted octanol–water partition coefficient (Wildman–Crippen LogP) is 2.51. The largest absolute Gasteiger partial charge is 0.269 e. The van der Waals surface area contributed by atoms with E-state index in [2.05, 4.69) is 0 Å². The van der Waals surface area contributed by atoms with Crippen molar-refractivity contribution in [2.75, 3.05) is 4.90 Å². The van der Waals surface area contributed by atoms with Gasteiger partial charge >= 0.3 is 0 Å². The molecule has 88 valence electrons. The number of nitrogens with zero attached hydrogens (tertiary/aromatic N) is 1. The molecule has 0 radical (unpaired) electrons. The maximum absolute atomic E-state index is 12.0. The summed E-state index contributed by atoms with van der Waals surface area (Å²) in [6.45, 7) is 7.35. The molecular formula is C14H15NO2. The number of hydrogen-bond acceptors (Lipinski definition) is 2. The molecule has 1 aliphatic rings. The van der Waals surface area contributed by atoms with Crippen molar-refractivity contribution >= 4 is 17.5 Å². The Bertz CT molecular complexity index is 531. The molecule has 0 aliphatic carbocycles. The molecule has 0 bridgehead atoms. The van der Waals surface area contributed by atoms with Gasteiger partial charge < -0.3 is 0 Å². The zero-order valence-electron chi connectivity index (χ0n) is 10.5. The van der Waals surface area contributed by atoms with Gasteiger partial charge in [0.2, 0.25) is 0 Å². The van der Waals surface area contributed by atoms with Crippen molar-refractivity contribution in [1.82, 2.24) is 0 Å². The molecule has 17 heavy (non-hydrogen) atoms. The van der Waals surface area contributed by atoms with E-state index in [0.717, 1.165) is 11.1 Å². The van der Waals surface area contributed by atoms with E-state index < -0.39 is 0 Å². The summed E-state index contributed by atoms with van der Waals surface area (Å²) in [6, 6.07) is 5.61. The first kappa shape index (κ1) is 11.6. The second-order valence-corrected chi connectivity index (χ2v) is 4.46. The van der Waals surface area contributed by atoms with Gasteiger partial charge in [-0.05, 0) is 51.0 Å². The maximum atomic E-state index is 12.0. The highest BCUT2D eigenvalue weighted by molar-refractivity contribution is 6.32. The lowest BCUT2D eigenvalue weighted by molar-refractivity contribution is -0.120. The van der Waals surface area contributed by atoms with Gasteiger partial charge in [0.1, 0.15) is 0 Å². The highest BCUT2D eigenvalue weighted by Crippen LogP contribution is 2.27. The molecule has 1 aliphatic heterocycles. The van der Waals surface area contributed by atoms with Gasteiger partial charge in [-0.2, -0.15) is 0 Å². The van der Waals surface area contributed by atoms with Gasteiger partial charge in [-0.25, -0.2) is 4.90 Å². The first-order valence-corrected chi connectivity index (χ1v) is 5.57. The fraction of sp³-hybridized carbons (Fsp3) is 0.286. The summed E-state index contributed by atoms with van der Waals surface area (Å²) in [4.78, 5) is 25.2. The van der Waals surface area contributed by atoms with Crippen molar-refractivity contribution in [3.63, 3.8) is 0 Å². The van der Waals surface area contributed by atoms with E-state index in [0.29, 0.717) is 16.8 Å². The van der Waals surface area contributed by atoms with Gasteiger partial charge in [0, 0.05) is 11.1 Å². The summed E-state index contributed by atoms with van der Waals surface area (Å²) < 4.78 is 0. The van der Waals surface area contributed by atoms with E-state index in [1.165, 1.54) is 4.90 Å². The van der Waals surface area contributed by atoms with Crippen LogP contribution in [-0.2, 0) is 9.59 Å². The van der Waals surface area contributed by atoms with Gasteiger partial charge in [0.25, 0.3) is 11.8 Å². The van der Waals surface area contributed by atoms with Crippen LogP contribution >= 0.6 is 0 Å². The van der Waals surface area contributed by atoms with E-state index in [1.807, 2.05) is 32.0 Å². The summed E-state index contributed by atoms with van der Waals surface area (Å²) >= 11 is 0. The minimum absolute atomic E-state index is 0.212. The van der Waals surface area contributed by atoms with E-state index in [9.17, 15) is 9.59 Å². The van der Waals surface area contributed by atoms with E-state index in [1.54, 1.807) is 13.8 Å². The average molecular weight is 229 g/mol. The Kier molecular flexibility index (Phi) is 2.62. The second kappa shape index (κ2) is 3.84. The lowest BCUT2D eigenvalue weighted by Gasteiger charge is -2.16. The van der Waals surface area contributed by atoms with Crippen molar-refractivity contribution in [3.8, 4) is 0 Å². The Morgan fingerprint density at radius 3 is 1.82 bits per heavy atom. The number of imide groups is 1. The normalized spacial score (nSPS) is 16.1. The van der Waals surface area contributed by atoms with E-state index in [-0.39, 0.29) is 11.8 Å². The summed E-state index contributed by atoms with van der Waals surface area (Å²) in [7, 11) is 0. The zero-order valence-corrected chi connectivity index (χ0v) is 10.5. The highest BCUT2D eigenvalue weighted by Gasteiger charge is 2.34. The Labute approximate surface area is 101 Å². The summed E-state index contributed by atoms with van der Waals surface area (Å²) in [5.41, 5.74) is 3.94. The van der Waals surface area contributed by atoms with Crippen molar-refractivity contribution in [1.29, 1.82) is 0 Å². The van der Waals surface area contributed by atoms with E-state index >= 15 is 0 Å². The third-order valence-corrected chi connectivity index (χ3v) is 3.36. The number of carbonyl (C=O) groups excluding carboxylic acids is 2. The third kappa shape index (κ3) is 1.68. The topological polar surface area (TPSA) is 37.4 Å². The van der Waals surface area contributed by atoms with Crippen LogP contribution < -0.4 is 4.90 Å². The molecule has 2 rings (SSSR count). The van der Waals surface area contributed by atoms with Gasteiger partial charge in [-0.15, -0.1) is 0 Å². The average Bonchev–Trinajstić information content (AvgIpc) is 2.48. The molecule has 0 spiro atoms. The van der Waals surface area contributed by atoms with Gasteiger partial charge in [-0.1, -0.05) is 6.07 Å². The molecule has 1 aromatic carbocycles. The fourth-order valence-electron chi connectivity index (χ4n) is 1.85. The van der Waals surface area contributed by atoms with Crippen LogP contribution in [0.3, 0.4) is 0 Å². The highest BCUT2D eigenvalue weighted by atomic mass is 16.2. The Morgan fingerprint density at radius 1 is 0.824 bits per heavy atom. The van der Waals surface area contributed by atoms with Crippen molar-refractivity contribution in [3.05, 3.63) is 40.5 Å². The molecule has 0 atom stereocenters. The Balaban J connectivity index is 2.47. The van der Waals surface area contributed by atoms with Crippen LogP contribution in [0.1, 0.15) is 25.0 Å². The van der Waals surface area contributed by atoms with Crippen molar-refractivity contribution in [2.45, 2.75) is 27.7 Å². The Morgan fingerprint density at radius 2 is 1.35 bits per heavy atom. The summed E-state index contributed by atoms with van der Waals surface area (Å²) in [5, 5.41) is 0. The van der Waals surface area contributed by atoms with Crippen molar-refractivity contribution in [2.24, 2.45) is 0 Å². The van der Waals surface area contributed by atoms with Crippen LogP contribution in [0, 0.1) is 13.8 Å². The first-order valence-electron chi connectivity index (χ1n) is 5.57. The van der Waals surface area contributed by atoms with Gasteiger partial charge in [-0.3, -0.25) is 9.59 Å². The smallest absolute Gasteiger partial charge is 0.261 e. The molecule has 3 nitrogen and oxygen atoms in total. The summed E-state index contributed by atoms with van der Waals surface area (Å²) in [5.74, 6) is -0.425. The Hall–Kier alpha value is -1.90. The second-order valence-electron chi connectivity index (χ2n) is 4.46. The number of carbonyl (C=O) groups is 2. The number of anilines is 1. The van der Waals surface area contributed by atoms with Crippen LogP contribution in [0.4, 0.5) is 5.69 Å². The maximum Gasteiger partial charge on any atom is 0.261 e. The predicted molar refractivity (Wildman–Crippen MR) is 66.8 cm³/mol. The summed E-state index contributed by atoms with van der Waals surface area (Å²) in [6.07, 6.45) is 0. The third-order valence-electron chi connectivity index (χ3n) is 3.36. The molecular weight excluding hydrogens is 214 g/mol. The van der Waals surface area contributed by atoms with Crippen LogP contribution in [0.5, 0.6) is 0 Å². The van der Waals surface area contributed by atoms with Crippen LogP contribution in [0.25, 0.3) is 0 Å².